The standard InChI is InChI=1S/C12H20O4/c1-8(2)12(11(15)16-3)6-4-5-9(7-12)10(13)14/h8-9H,4-7H2,1-3H3,(H,13,14)/t9-,12+/m1/s1. The molecular formula is C12H20O4. The number of carboxylic acid groups (broad SMARTS) is 1. The largest absolute Gasteiger partial charge is 0.481 e. The fourth-order valence-electron chi connectivity index (χ4n) is 2.67. The minimum absolute atomic E-state index is 0.113. The lowest BCUT2D eigenvalue weighted by Crippen LogP contribution is -2.43. The van der Waals surface area contributed by atoms with E-state index in [4.69, 9.17) is 9.84 Å². The Morgan fingerprint density at radius 2 is 2.06 bits per heavy atom. The molecule has 0 unspecified atom stereocenters. The van der Waals surface area contributed by atoms with Crippen LogP contribution in [0.25, 0.3) is 0 Å². The number of rotatable bonds is 3. The predicted molar refractivity (Wildman–Crippen MR) is 58.9 cm³/mol. The number of ether oxygens (including phenoxy) is 1. The molecule has 16 heavy (non-hydrogen) atoms. The number of methoxy groups -OCH3 is 1. The van der Waals surface area contributed by atoms with Gasteiger partial charge in [0.15, 0.2) is 0 Å². The zero-order chi connectivity index (χ0) is 12.3. The molecule has 0 saturated heterocycles. The number of carbonyl (C=O) groups is 2. The molecule has 1 saturated carbocycles. The monoisotopic (exact) mass is 228 g/mol. The average Bonchev–Trinajstić information content (AvgIpc) is 2.27. The molecule has 4 heteroatoms. The highest BCUT2D eigenvalue weighted by Gasteiger charge is 2.47. The van der Waals surface area contributed by atoms with E-state index >= 15 is 0 Å². The van der Waals surface area contributed by atoms with Gasteiger partial charge in [-0.05, 0) is 25.2 Å². The SMILES string of the molecule is COC(=O)[C@@]1(C(C)C)CCC[C@@H](C(=O)O)C1. The van der Waals surface area contributed by atoms with Gasteiger partial charge in [0.05, 0.1) is 18.4 Å². The number of carbonyl (C=O) groups excluding carboxylic acids is 1. The van der Waals surface area contributed by atoms with E-state index in [1.165, 1.54) is 7.11 Å². The number of hydrogen-bond acceptors (Lipinski definition) is 3. The molecule has 0 heterocycles. The molecule has 92 valence electrons. The van der Waals surface area contributed by atoms with Gasteiger partial charge in [0.1, 0.15) is 0 Å². The number of esters is 1. The van der Waals surface area contributed by atoms with E-state index in [1.54, 1.807) is 0 Å². The Hall–Kier alpha value is -1.06. The van der Waals surface area contributed by atoms with Gasteiger partial charge in [-0.15, -0.1) is 0 Å². The van der Waals surface area contributed by atoms with Crippen LogP contribution in [0.3, 0.4) is 0 Å². The minimum Gasteiger partial charge on any atom is -0.481 e. The van der Waals surface area contributed by atoms with Crippen LogP contribution in [0, 0.1) is 17.3 Å². The normalized spacial score (nSPS) is 30.1. The van der Waals surface area contributed by atoms with Crippen molar-refractivity contribution >= 4 is 11.9 Å². The first kappa shape index (κ1) is 13.0. The van der Waals surface area contributed by atoms with Crippen LogP contribution >= 0.6 is 0 Å². The highest BCUT2D eigenvalue weighted by Crippen LogP contribution is 2.45. The van der Waals surface area contributed by atoms with Gasteiger partial charge in [-0.3, -0.25) is 9.59 Å². The molecule has 0 aromatic carbocycles. The molecule has 1 N–H and O–H groups in total. The van der Waals surface area contributed by atoms with Gasteiger partial charge in [-0.2, -0.15) is 0 Å². The maximum atomic E-state index is 11.9. The summed E-state index contributed by atoms with van der Waals surface area (Å²) in [6.45, 7) is 3.92. The summed E-state index contributed by atoms with van der Waals surface area (Å²) < 4.78 is 4.85. The quantitative estimate of drug-likeness (QED) is 0.751. The number of aliphatic carboxylic acids is 1. The van der Waals surface area contributed by atoms with Crippen LogP contribution in [0.4, 0.5) is 0 Å². The molecule has 1 rings (SSSR count). The molecule has 1 aliphatic carbocycles. The Morgan fingerprint density at radius 1 is 1.44 bits per heavy atom. The predicted octanol–water partition coefficient (Wildman–Crippen LogP) is 2.08. The Labute approximate surface area is 96.0 Å². The first-order valence-electron chi connectivity index (χ1n) is 5.75. The Bertz CT molecular complexity index is 285. The summed E-state index contributed by atoms with van der Waals surface area (Å²) in [7, 11) is 1.37. The van der Waals surface area contributed by atoms with Crippen molar-refractivity contribution in [3.05, 3.63) is 0 Å². The van der Waals surface area contributed by atoms with Crippen molar-refractivity contribution in [1.82, 2.24) is 0 Å². The lowest BCUT2D eigenvalue weighted by Gasteiger charge is -2.40. The topological polar surface area (TPSA) is 63.6 Å². The van der Waals surface area contributed by atoms with Gasteiger partial charge in [0.2, 0.25) is 0 Å². The van der Waals surface area contributed by atoms with Crippen molar-refractivity contribution < 1.29 is 19.4 Å². The lowest BCUT2D eigenvalue weighted by atomic mass is 9.63. The summed E-state index contributed by atoms with van der Waals surface area (Å²) in [5.41, 5.74) is -0.601. The molecule has 0 bridgehead atoms. The van der Waals surface area contributed by atoms with E-state index < -0.39 is 17.3 Å². The maximum absolute atomic E-state index is 11.9. The fourth-order valence-corrected chi connectivity index (χ4v) is 2.67. The second-order valence-corrected chi connectivity index (χ2v) is 4.93. The smallest absolute Gasteiger partial charge is 0.312 e. The summed E-state index contributed by atoms with van der Waals surface area (Å²) in [5.74, 6) is -1.35. The average molecular weight is 228 g/mol. The van der Waals surface area contributed by atoms with Crippen LogP contribution in [0.15, 0.2) is 0 Å². The fraction of sp³-hybridized carbons (Fsp3) is 0.833. The highest BCUT2D eigenvalue weighted by molar-refractivity contribution is 5.79. The second-order valence-electron chi connectivity index (χ2n) is 4.93. The van der Waals surface area contributed by atoms with Crippen LogP contribution in [0.5, 0.6) is 0 Å². The molecule has 0 spiro atoms. The third-order valence-corrected chi connectivity index (χ3v) is 3.83. The first-order chi connectivity index (χ1) is 7.44. The summed E-state index contributed by atoms with van der Waals surface area (Å²) in [5, 5.41) is 9.05. The lowest BCUT2D eigenvalue weighted by molar-refractivity contribution is -0.162. The summed E-state index contributed by atoms with van der Waals surface area (Å²) in [4.78, 5) is 22.9. The molecule has 1 fully saturated rings. The second kappa shape index (κ2) is 4.85. The van der Waals surface area contributed by atoms with E-state index in [1.807, 2.05) is 13.8 Å². The molecular weight excluding hydrogens is 208 g/mol. The van der Waals surface area contributed by atoms with Crippen molar-refractivity contribution in [2.75, 3.05) is 7.11 Å². The van der Waals surface area contributed by atoms with E-state index in [-0.39, 0.29) is 11.9 Å². The molecule has 4 nitrogen and oxygen atoms in total. The summed E-state index contributed by atoms with van der Waals surface area (Å²) >= 11 is 0. The highest BCUT2D eigenvalue weighted by atomic mass is 16.5. The summed E-state index contributed by atoms with van der Waals surface area (Å²) in [6.07, 6.45) is 2.60. The van der Waals surface area contributed by atoms with Crippen LogP contribution < -0.4 is 0 Å². The van der Waals surface area contributed by atoms with Gasteiger partial charge in [0, 0.05) is 0 Å². The number of hydrogen-bond donors (Lipinski definition) is 1. The van der Waals surface area contributed by atoms with E-state index in [0.717, 1.165) is 12.8 Å². The molecule has 2 atom stereocenters. The third kappa shape index (κ3) is 2.20. The van der Waals surface area contributed by atoms with Crippen LogP contribution in [0.2, 0.25) is 0 Å². The van der Waals surface area contributed by atoms with Gasteiger partial charge < -0.3 is 9.84 Å². The van der Waals surface area contributed by atoms with Crippen molar-refractivity contribution in [2.45, 2.75) is 39.5 Å². The Balaban J connectivity index is 2.93. The third-order valence-electron chi connectivity index (χ3n) is 3.83. The van der Waals surface area contributed by atoms with Gasteiger partial charge in [-0.25, -0.2) is 0 Å². The van der Waals surface area contributed by atoms with E-state index in [2.05, 4.69) is 0 Å². The van der Waals surface area contributed by atoms with Crippen molar-refractivity contribution in [2.24, 2.45) is 17.3 Å². The van der Waals surface area contributed by atoms with Crippen molar-refractivity contribution in [3.8, 4) is 0 Å². The molecule has 0 amide bonds. The van der Waals surface area contributed by atoms with Crippen molar-refractivity contribution in [1.29, 1.82) is 0 Å². The molecule has 0 aromatic rings. The van der Waals surface area contributed by atoms with Crippen LogP contribution in [-0.2, 0) is 14.3 Å². The molecule has 1 aliphatic rings. The number of carboxylic acids is 1. The summed E-state index contributed by atoms with van der Waals surface area (Å²) in [6, 6.07) is 0. The van der Waals surface area contributed by atoms with Crippen molar-refractivity contribution in [3.63, 3.8) is 0 Å². The molecule has 0 aromatic heterocycles. The first-order valence-corrected chi connectivity index (χ1v) is 5.75. The van der Waals surface area contributed by atoms with Crippen LogP contribution in [-0.4, -0.2) is 24.2 Å². The van der Waals surface area contributed by atoms with E-state index in [0.29, 0.717) is 12.8 Å². The zero-order valence-corrected chi connectivity index (χ0v) is 10.2. The Kier molecular flexibility index (Phi) is 3.94. The van der Waals surface area contributed by atoms with Gasteiger partial charge >= 0.3 is 11.9 Å². The van der Waals surface area contributed by atoms with Gasteiger partial charge in [-0.1, -0.05) is 20.3 Å². The van der Waals surface area contributed by atoms with Crippen LogP contribution in [0.1, 0.15) is 39.5 Å². The minimum atomic E-state index is -0.798. The maximum Gasteiger partial charge on any atom is 0.312 e. The van der Waals surface area contributed by atoms with E-state index in [9.17, 15) is 9.59 Å². The molecule has 0 radical (unpaired) electrons. The molecule has 0 aliphatic heterocycles. The zero-order valence-electron chi connectivity index (χ0n) is 10.2. The Morgan fingerprint density at radius 3 is 2.50 bits per heavy atom. The van der Waals surface area contributed by atoms with Gasteiger partial charge in [0.25, 0.3) is 0 Å².